The second kappa shape index (κ2) is 6.06. The van der Waals surface area contributed by atoms with Crippen LogP contribution in [0.15, 0.2) is 42.5 Å². The number of Topliss-reactive ketones (excluding diaryl/α,β-unsaturated/α-hetero) is 1. The van der Waals surface area contributed by atoms with Crippen molar-refractivity contribution in [3.63, 3.8) is 0 Å². The fraction of sp³-hybridized carbons (Fsp3) is 0.188. The number of anilines is 1. The summed E-state index contributed by atoms with van der Waals surface area (Å²) in [5, 5.41) is 0.655. The van der Waals surface area contributed by atoms with Crippen molar-refractivity contribution < 1.29 is 9.18 Å². The zero-order valence-corrected chi connectivity index (χ0v) is 12.1. The second-order valence-electron chi connectivity index (χ2n) is 4.68. The zero-order chi connectivity index (χ0) is 14.7. The highest BCUT2D eigenvalue weighted by atomic mass is 35.5. The molecule has 0 bridgehead atoms. The average Bonchev–Trinajstić information content (AvgIpc) is 2.37. The van der Waals surface area contributed by atoms with Crippen LogP contribution < -0.4 is 4.90 Å². The molecule has 0 fully saturated rings. The maximum absolute atomic E-state index is 13.8. The second-order valence-corrected chi connectivity index (χ2v) is 5.11. The highest BCUT2D eigenvalue weighted by molar-refractivity contribution is 6.30. The molecule has 4 heteroatoms. The van der Waals surface area contributed by atoms with Crippen molar-refractivity contribution in [2.75, 3.05) is 11.9 Å². The summed E-state index contributed by atoms with van der Waals surface area (Å²) >= 11 is 5.95. The average molecular weight is 292 g/mol. The Morgan fingerprint density at radius 3 is 2.60 bits per heavy atom. The summed E-state index contributed by atoms with van der Waals surface area (Å²) < 4.78 is 13.8. The quantitative estimate of drug-likeness (QED) is 0.782. The number of halogens is 2. The maximum Gasteiger partial charge on any atom is 0.164 e. The van der Waals surface area contributed by atoms with Gasteiger partial charge in [0.05, 0.1) is 11.3 Å². The molecule has 0 saturated carbocycles. The number of benzene rings is 2. The van der Waals surface area contributed by atoms with E-state index in [-0.39, 0.29) is 11.3 Å². The van der Waals surface area contributed by atoms with Crippen LogP contribution in [-0.2, 0) is 6.54 Å². The summed E-state index contributed by atoms with van der Waals surface area (Å²) in [5.74, 6) is -0.774. The number of hydrogen-bond acceptors (Lipinski definition) is 2. The Morgan fingerprint density at radius 1 is 1.25 bits per heavy atom. The zero-order valence-electron chi connectivity index (χ0n) is 11.4. The van der Waals surface area contributed by atoms with Crippen LogP contribution in [-0.4, -0.2) is 12.8 Å². The Kier molecular flexibility index (Phi) is 4.40. The van der Waals surface area contributed by atoms with E-state index in [9.17, 15) is 9.18 Å². The lowest BCUT2D eigenvalue weighted by Crippen LogP contribution is -2.19. The molecule has 0 aromatic heterocycles. The monoisotopic (exact) mass is 291 g/mol. The predicted molar refractivity (Wildman–Crippen MR) is 80.0 cm³/mol. The molecule has 0 N–H and O–H groups in total. The van der Waals surface area contributed by atoms with Crippen molar-refractivity contribution in [3.8, 4) is 0 Å². The van der Waals surface area contributed by atoms with Crippen LogP contribution in [0.5, 0.6) is 0 Å². The number of hydrogen-bond donors (Lipinski definition) is 0. The molecule has 2 aromatic rings. The van der Waals surface area contributed by atoms with Gasteiger partial charge in [-0.05, 0) is 36.8 Å². The predicted octanol–water partition coefficient (Wildman–Crippen LogP) is 4.32. The lowest BCUT2D eigenvalue weighted by atomic mass is 10.1. The third kappa shape index (κ3) is 3.17. The van der Waals surface area contributed by atoms with E-state index in [1.165, 1.54) is 13.0 Å². The fourth-order valence-electron chi connectivity index (χ4n) is 2.17. The topological polar surface area (TPSA) is 20.3 Å². The molecule has 0 radical (unpaired) electrons. The van der Waals surface area contributed by atoms with E-state index < -0.39 is 5.82 Å². The summed E-state index contributed by atoms with van der Waals surface area (Å²) in [7, 11) is 1.82. The summed E-state index contributed by atoms with van der Waals surface area (Å²) in [4.78, 5) is 13.4. The molecule has 2 nitrogen and oxygen atoms in total. The van der Waals surface area contributed by atoms with Gasteiger partial charge < -0.3 is 4.90 Å². The first-order chi connectivity index (χ1) is 9.49. The highest BCUT2D eigenvalue weighted by Crippen LogP contribution is 2.24. The lowest BCUT2D eigenvalue weighted by Gasteiger charge is -2.22. The minimum atomic E-state index is -0.493. The number of nitrogens with zero attached hydrogens (tertiary/aromatic N) is 1. The Morgan fingerprint density at radius 2 is 1.95 bits per heavy atom. The summed E-state index contributed by atoms with van der Waals surface area (Å²) in [6.45, 7) is 1.92. The van der Waals surface area contributed by atoms with E-state index in [4.69, 9.17) is 11.6 Å². The van der Waals surface area contributed by atoms with Crippen LogP contribution in [0.3, 0.4) is 0 Å². The number of carbonyl (C=O) groups excluding carboxylic acids is 1. The molecule has 0 amide bonds. The number of rotatable bonds is 4. The van der Waals surface area contributed by atoms with Crippen LogP contribution in [0.1, 0.15) is 22.8 Å². The molecule has 0 saturated heterocycles. The number of ketones is 1. The highest BCUT2D eigenvalue weighted by Gasteiger charge is 2.16. The number of carbonyl (C=O) groups is 1. The maximum atomic E-state index is 13.8. The Balaban J connectivity index is 2.32. The van der Waals surface area contributed by atoms with Crippen LogP contribution in [0.25, 0.3) is 0 Å². The lowest BCUT2D eigenvalue weighted by molar-refractivity contribution is 0.101. The molecule has 0 unspecified atom stereocenters. The van der Waals surface area contributed by atoms with Crippen molar-refractivity contribution in [2.24, 2.45) is 0 Å². The van der Waals surface area contributed by atoms with Gasteiger partial charge in [0.25, 0.3) is 0 Å². The molecule has 20 heavy (non-hydrogen) atoms. The molecule has 0 aliphatic rings. The van der Waals surface area contributed by atoms with Crippen molar-refractivity contribution in [2.45, 2.75) is 13.5 Å². The summed E-state index contributed by atoms with van der Waals surface area (Å²) in [6, 6.07) is 12.1. The van der Waals surface area contributed by atoms with Gasteiger partial charge in [0.2, 0.25) is 0 Å². The van der Waals surface area contributed by atoms with Crippen molar-refractivity contribution in [1.82, 2.24) is 0 Å². The molecule has 0 heterocycles. The first-order valence-electron chi connectivity index (χ1n) is 6.24. The first kappa shape index (κ1) is 14.5. The van der Waals surface area contributed by atoms with E-state index >= 15 is 0 Å². The first-order valence-corrected chi connectivity index (χ1v) is 6.62. The van der Waals surface area contributed by atoms with E-state index in [0.717, 1.165) is 5.56 Å². The molecule has 0 aliphatic heterocycles. The van der Waals surface area contributed by atoms with Gasteiger partial charge in [-0.3, -0.25) is 4.79 Å². The molecule has 104 valence electrons. The van der Waals surface area contributed by atoms with Crippen LogP contribution in [0.2, 0.25) is 5.02 Å². The van der Waals surface area contributed by atoms with Gasteiger partial charge in [0.15, 0.2) is 5.78 Å². The van der Waals surface area contributed by atoms with Crippen LogP contribution in [0, 0.1) is 5.82 Å². The Hall–Kier alpha value is -1.87. The van der Waals surface area contributed by atoms with Crippen molar-refractivity contribution in [3.05, 3.63) is 64.4 Å². The SMILES string of the molecule is CC(=O)c1c(F)cccc1N(C)Cc1cccc(Cl)c1. The molecule has 2 aromatic carbocycles. The van der Waals surface area contributed by atoms with Gasteiger partial charge in [0.1, 0.15) is 5.82 Å². The van der Waals surface area contributed by atoms with Gasteiger partial charge in [-0.25, -0.2) is 4.39 Å². The Labute approximate surface area is 122 Å². The molecule has 0 spiro atoms. The van der Waals surface area contributed by atoms with E-state index in [1.54, 1.807) is 18.2 Å². The summed E-state index contributed by atoms with van der Waals surface area (Å²) in [5.41, 5.74) is 1.70. The molecule has 2 rings (SSSR count). The normalized spacial score (nSPS) is 10.4. The molecular formula is C16H15ClFNO. The van der Waals surface area contributed by atoms with Gasteiger partial charge in [-0.15, -0.1) is 0 Å². The van der Waals surface area contributed by atoms with E-state index in [2.05, 4.69) is 0 Å². The van der Waals surface area contributed by atoms with Crippen LogP contribution in [0.4, 0.5) is 10.1 Å². The third-order valence-electron chi connectivity index (χ3n) is 3.06. The molecule has 0 aliphatic carbocycles. The van der Waals surface area contributed by atoms with Gasteiger partial charge in [0, 0.05) is 18.6 Å². The minimum absolute atomic E-state index is 0.122. The van der Waals surface area contributed by atoms with Gasteiger partial charge in [-0.2, -0.15) is 0 Å². The fourth-order valence-corrected chi connectivity index (χ4v) is 2.39. The van der Waals surface area contributed by atoms with Crippen LogP contribution >= 0.6 is 11.6 Å². The van der Waals surface area contributed by atoms with Crippen molar-refractivity contribution >= 4 is 23.1 Å². The summed E-state index contributed by atoms with van der Waals surface area (Å²) in [6.07, 6.45) is 0. The largest absolute Gasteiger partial charge is 0.370 e. The Bertz CT molecular complexity index is 642. The third-order valence-corrected chi connectivity index (χ3v) is 3.30. The smallest absolute Gasteiger partial charge is 0.164 e. The molecular weight excluding hydrogens is 277 g/mol. The van der Waals surface area contributed by atoms with E-state index in [0.29, 0.717) is 17.3 Å². The van der Waals surface area contributed by atoms with Crippen molar-refractivity contribution in [1.29, 1.82) is 0 Å². The van der Waals surface area contributed by atoms with E-state index in [1.807, 2.05) is 30.1 Å². The standard InChI is InChI=1S/C16H15ClFNO/c1-11(20)16-14(18)7-4-8-15(16)19(2)10-12-5-3-6-13(17)9-12/h3-9H,10H2,1-2H3. The van der Waals surface area contributed by atoms with Gasteiger partial charge >= 0.3 is 0 Å². The molecule has 0 atom stereocenters. The van der Waals surface area contributed by atoms with Gasteiger partial charge in [-0.1, -0.05) is 29.8 Å². The minimum Gasteiger partial charge on any atom is -0.370 e.